The lowest BCUT2D eigenvalue weighted by atomic mass is 9.93. The van der Waals surface area contributed by atoms with Gasteiger partial charge in [0.15, 0.2) is 9.84 Å². The van der Waals surface area contributed by atoms with E-state index in [-0.39, 0.29) is 0 Å². The molecule has 0 saturated heterocycles. The Kier molecular flexibility index (Phi) is 5.13. The molecule has 1 aromatic carbocycles. The van der Waals surface area contributed by atoms with Crippen LogP contribution in [-0.4, -0.2) is 34.4 Å². The van der Waals surface area contributed by atoms with Gasteiger partial charge in [-0.15, -0.1) is 0 Å². The highest BCUT2D eigenvalue weighted by Crippen LogP contribution is 2.37. The van der Waals surface area contributed by atoms with E-state index in [0.29, 0.717) is 10.9 Å². The van der Waals surface area contributed by atoms with Gasteiger partial charge in [0.1, 0.15) is 5.69 Å². The van der Waals surface area contributed by atoms with Crippen molar-refractivity contribution in [2.24, 2.45) is 0 Å². The van der Waals surface area contributed by atoms with Crippen LogP contribution in [0.4, 0.5) is 0 Å². The van der Waals surface area contributed by atoms with Crippen molar-refractivity contribution in [3.63, 3.8) is 0 Å². The van der Waals surface area contributed by atoms with Crippen LogP contribution in [0.1, 0.15) is 31.0 Å². The molecule has 7 heteroatoms. The lowest BCUT2D eigenvalue weighted by Crippen LogP contribution is -2.17. The first-order valence-electron chi connectivity index (χ1n) is 10.7. The Labute approximate surface area is 187 Å². The van der Waals surface area contributed by atoms with Gasteiger partial charge >= 0.3 is 0 Å². The molecule has 1 saturated carbocycles. The fourth-order valence-electron chi connectivity index (χ4n) is 3.93. The standard InChI is InChI=1S/C25H24N4O2S/c1-17-5-3-8-23(27-17)25-22(16-29(28-25)20-6-4-7-20)19-13-14-26-24(15-19)18-9-11-21(12-10-18)32(2,30)31/h3,5,8-16,20H,4,6-7H2,1-2H3. The van der Waals surface area contributed by atoms with Crippen molar-refractivity contribution in [3.05, 3.63) is 72.7 Å². The number of sulfone groups is 1. The Balaban J connectivity index is 1.58. The molecular weight excluding hydrogens is 420 g/mol. The van der Waals surface area contributed by atoms with Crippen LogP contribution in [0.25, 0.3) is 33.8 Å². The first-order valence-corrected chi connectivity index (χ1v) is 12.6. The zero-order valence-corrected chi connectivity index (χ0v) is 18.9. The van der Waals surface area contributed by atoms with E-state index >= 15 is 0 Å². The fraction of sp³-hybridized carbons (Fsp3) is 0.240. The highest BCUT2D eigenvalue weighted by atomic mass is 32.2. The van der Waals surface area contributed by atoms with Crippen LogP contribution >= 0.6 is 0 Å². The zero-order valence-electron chi connectivity index (χ0n) is 18.1. The van der Waals surface area contributed by atoms with Crippen LogP contribution in [0.3, 0.4) is 0 Å². The molecule has 0 aliphatic heterocycles. The van der Waals surface area contributed by atoms with Gasteiger partial charge in [0, 0.05) is 35.5 Å². The number of aryl methyl sites for hydroxylation is 1. The first kappa shape index (κ1) is 20.6. The number of nitrogens with zero attached hydrogens (tertiary/aromatic N) is 4. The van der Waals surface area contributed by atoms with Gasteiger partial charge in [-0.05, 0) is 68.1 Å². The van der Waals surface area contributed by atoms with Gasteiger partial charge in [0.25, 0.3) is 0 Å². The summed E-state index contributed by atoms with van der Waals surface area (Å²) in [6.45, 7) is 1.98. The molecule has 0 spiro atoms. The summed E-state index contributed by atoms with van der Waals surface area (Å²) in [5, 5.41) is 4.93. The van der Waals surface area contributed by atoms with E-state index in [1.807, 2.05) is 37.3 Å². The number of hydrogen-bond acceptors (Lipinski definition) is 5. The van der Waals surface area contributed by atoms with E-state index < -0.39 is 9.84 Å². The number of pyridine rings is 2. The summed E-state index contributed by atoms with van der Waals surface area (Å²) < 4.78 is 25.6. The van der Waals surface area contributed by atoms with Gasteiger partial charge in [-0.3, -0.25) is 14.6 Å². The molecule has 3 heterocycles. The first-order chi connectivity index (χ1) is 15.4. The third-order valence-electron chi connectivity index (χ3n) is 5.96. The third-order valence-corrected chi connectivity index (χ3v) is 7.09. The second kappa shape index (κ2) is 7.98. The SMILES string of the molecule is Cc1cccc(-c2nn(C3CCC3)cc2-c2ccnc(-c3ccc(S(C)(=O)=O)cc3)c2)n1. The number of rotatable bonds is 5. The molecule has 1 aliphatic carbocycles. The summed E-state index contributed by atoms with van der Waals surface area (Å²) in [5.74, 6) is 0. The fourth-order valence-corrected chi connectivity index (χ4v) is 4.56. The van der Waals surface area contributed by atoms with Gasteiger partial charge < -0.3 is 0 Å². The maximum absolute atomic E-state index is 11.8. The molecule has 0 radical (unpaired) electrons. The number of benzene rings is 1. The molecule has 0 N–H and O–H groups in total. The molecule has 162 valence electrons. The summed E-state index contributed by atoms with van der Waals surface area (Å²) in [6, 6.07) is 17.3. The minimum Gasteiger partial charge on any atom is -0.268 e. The zero-order chi connectivity index (χ0) is 22.3. The van der Waals surface area contributed by atoms with Gasteiger partial charge in [-0.25, -0.2) is 8.42 Å². The summed E-state index contributed by atoms with van der Waals surface area (Å²) in [4.78, 5) is 9.53. The van der Waals surface area contributed by atoms with E-state index in [0.717, 1.165) is 52.3 Å². The molecule has 5 rings (SSSR count). The highest BCUT2D eigenvalue weighted by Gasteiger charge is 2.23. The molecule has 32 heavy (non-hydrogen) atoms. The van der Waals surface area contributed by atoms with Crippen molar-refractivity contribution < 1.29 is 8.42 Å². The van der Waals surface area contributed by atoms with Gasteiger partial charge in [-0.1, -0.05) is 18.2 Å². The van der Waals surface area contributed by atoms with Crippen molar-refractivity contribution in [2.75, 3.05) is 6.26 Å². The predicted octanol–water partition coefficient (Wildman–Crippen LogP) is 5.11. The summed E-state index contributed by atoms with van der Waals surface area (Å²) >= 11 is 0. The van der Waals surface area contributed by atoms with Crippen LogP contribution < -0.4 is 0 Å². The van der Waals surface area contributed by atoms with Crippen LogP contribution in [-0.2, 0) is 9.84 Å². The topological polar surface area (TPSA) is 77.7 Å². The predicted molar refractivity (Wildman–Crippen MR) is 125 cm³/mol. The second-order valence-corrected chi connectivity index (χ2v) is 10.4. The quantitative estimate of drug-likeness (QED) is 0.427. The van der Waals surface area contributed by atoms with Crippen molar-refractivity contribution in [2.45, 2.75) is 37.1 Å². The minimum atomic E-state index is -3.23. The Hall–Kier alpha value is -3.32. The molecule has 1 fully saturated rings. The summed E-state index contributed by atoms with van der Waals surface area (Å²) in [7, 11) is -3.23. The Bertz CT molecular complexity index is 1390. The molecule has 0 atom stereocenters. The van der Waals surface area contributed by atoms with E-state index in [4.69, 9.17) is 10.1 Å². The maximum Gasteiger partial charge on any atom is 0.175 e. The van der Waals surface area contributed by atoms with Crippen molar-refractivity contribution in [3.8, 4) is 33.8 Å². The lowest BCUT2D eigenvalue weighted by molar-refractivity contribution is 0.290. The van der Waals surface area contributed by atoms with Crippen molar-refractivity contribution in [1.82, 2.24) is 19.7 Å². The molecule has 1 aliphatic rings. The van der Waals surface area contributed by atoms with Crippen LogP contribution in [0.5, 0.6) is 0 Å². The Morgan fingerprint density at radius 2 is 1.75 bits per heavy atom. The molecule has 0 amide bonds. The Morgan fingerprint density at radius 1 is 0.969 bits per heavy atom. The van der Waals surface area contributed by atoms with Gasteiger partial charge in [0.2, 0.25) is 0 Å². The average Bonchev–Trinajstić information content (AvgIpc) is 3.17. The molecule has 4 aromatic rings. The van der Waals surface area contributed by atoms with Gasteiger partial charge in [0.05, 0.1) is 22.3 Å². The third kappa shape index (κ3) is 3.96. The molecule has 0 unspecified atom stereocenters. The van der Waals surface area contributed by atoms with E-state index in [2.05, 4.69) is 15.9 Å². The molecule has 6 nitrogen and oxygen atoms in total. The molecular formula is C25H24N4O2S. The maximum atomic E-state index is 11.8. The van der Waals surface area contributed by atoms with Crippen LogP contribution in [0.2, 0.25) is 0 Å². The van der Waals surface area contributed by atoms with Crippen molar-refractivity contribution in [1.29, 1.82) is 0 Å². The summed E-state index contributed by atoms with van der Waals surface area (Å²) in [5.41, 5.74) is 6.34. The van der Waals surface area contributed by atoms with Gasteiger partial charge in [-0.2, -0.15) is 5.10 Å². The van der Waals surface area contributed by atoms with E-state index in [1.165, 1.54) is 12.7 Å². The van der Waals surface area contributed by atoms with Crippen molar-refractivity contribution >= 4 is 9.84 Å². The lowest BCUT2D eigenvalue weighted by Gasteiger charge is -2.25. The van der Waals surface area contributed by atoms with Crippen LogP contribution in [0, 0.1) is 6.92 Å². The number of aromatic nitrogens is 4. The number of hydrogen-bond donors (Lipinski definition) is 0. The molecule has 3 aromatic heterocycles. The Morgan fingerprint density at radius 3 is 2.41 bits per heavy atom. The second-order valence-electron chi connectivity index (χ2n) is 8.35. The normalized spacial score (nSPS) is 14.3. The molecule has 0 bridgehead atoms. The van der Waals surface area contributed by atoms with Crippen LogP contribution in [0.15, 0.2) is 71.9 Å². The highest BCUT2D eigenvalue weighted by molar-refractivity contribution is 7.90. The smallest absolute Gasteiger partial charge is 0.175 e. The average molecular weight is 445 g/mol. The summed E-state index contributed by atoms with van der Waals surface area (Å²) in [6.07, 6.45) is 8.65. The van der Waals surface area contributed by atoms with E-state index in [9.17, 15) is 8.42 Å². The monoisotopic (exact) mass is 444 g/mol. The largest absolute Gasteiger partial charge is 0.268 e. The van der Waals surface area contributed by atoms with E-state index in [1.54, 1.807) is 30.5 Å². The minimum absolute atomic E-state index is 0.298.